The van der Waals surface area contributed by atoms with Crippen molar-refractivity contribution in [3.63, 3.8) is 0 Å². The monoisotopic (exact) mass is 234 g/mol. The van der Waals surface area contributed by atoms with E-state index < -0.39 is 0 Å². The van der Waals surface area contributed by atoms with Gasteiger partial charge in [0, 0.05) is 26.6 Å². The van der Waals surface area contributed by atoms with E-state index in [0.29, 0.717) is 17.8 Å². The summed E-state index contributed by atoms with van der Waals surface area (Å²) in [5.41, 5.74) is 0. The molecule has 1 saturated carbocycles. The molecule has 2 radical (unpaired) electrons. The molecule has 1 aliphatic heterocycles. The predicted molar refractivity (Wildman–Crippen MR) is 77.0 cm³/mol. The summed E-state index contributed by atoms with van der Waals surface area (Å²) in [7, 11) is 10.4. The zero-order valence-electron chi connectivity index (χ0n) is 11.9. The minimum absolute atomic E-state index is 0.415. The number of rotatable bonds is 0. The van der Waals surface area contributed by atoms with Crippen LogP contribution in [0.2, 0.25) is 5.82 Å². The highest BCUT2D eigenvalue weighted by atomic mass is 15.2. The second-order valence-corrected chi connectivity index (χ2v) is 4.97. The van der Waals surface area contributed by atoms with Crippen molar-refractivity contribution < 1.29 is 0 Å². The molecule has 2 rings (SSSR count). The summed E-state index contributed by atoms with van der Waals surface area (Å²) in [6, 6.07) is 0.648. The molecule has 3 heteroatoms. The molecular formula is C14H27BN2. The van der Waals surface area contributed by atoms with E-state index >= 15 is 0 Å². The summed E-state index contributed by atoms with van der Waals surface area (Å²) >= 11 is 0. The Balaban J connectivity index is 0.000000686. The van der Waals surface area contributed by atoms with Gasteiger partial charge in [-0.2, -0.15) is 0 Å². The molecule has 3 unspecified atom stereocenters. The number of aliphatic imine (C=N–C) groups is 1. The Morgan fingerprint density at radius 2 is 1.82 bits per heavy atom. The number of hydrogen-bond donors (Lipinski definition) is 0. The molecule has 0 aromatic heterocycles. The molecule has 0 N–H and O–H groups in total. The van der Waals surface area contributed by atoms with E-state index in [0.717, 1.165) is 6.42 Å². The number of nitrogens with zero attached hydrogens (tertiary/aromatic N) is 2. The molecule has 0 spiro atoms. The zero-order chi connectivity index (χ0) is 12.8. The van der Waals surface area contributed by atoms with E-state index in [4.69, 9.17) is 7.85 Å². The molecule has 17 heavy (non-hydrogen) atoms. The number of fused-ring (bicyclic) bond motifs is 1. The van der Waals surface area contributed by atoms with Gasteiger partial charge in [-0.1, -0.05) is 38.9 Å². The number of likely N-dealkylation sites (tertiary alicyclic amines) is 1. The lowest BCUT2D eigenvalue weighted by molar-refractivity contribution is 0.205. The van der Waals surface area contributed by atoms with Crippen molar-refractivity contribution in [2.24, 2.45) is 10.9 Å². The van der Waals surface area contributed by atoms with Crippen LogP contribution < -0.4 is 0 Å². The van der Waals surface area contributed by atoms with Crippen molar-refractivity contribution in [2.75, 3.05) is 14.1 Å². The van der Waals surface area contributed by atoms with Crippen molar-refractivity contribution >= 4 is 13.7 Å². The summed E-state index contributed by atoms with van der Waals surface area (Å²) in [6.07, 6.45) is 7.50. The molecule has 2 fully saturated rings. The van der Waals surface area contributed by atoms with Crippen molar-refractivity contribution in [1.29, 1.82) is 0 Å². The highest BCUT2D eigenvalue weighted by Crippen LogP contribution is 2.39. The maximum Gasteiger partial charge on any atom is 0.0985 e. The standard InChI is InChI=1S/C12H21BN2.C2H6/c1-14-12-8-7-9-10(13)5-3-4-6-11(9)15(12)2;1-2/h9-11H,3-8H2,1-2H3;1-2H3. The third-order valence-electron chi connectivity index (χ3n) is 4.20. The molecule has 1 heterocycles. The molecule has 0 aromatic rings. The molecule has 96 valence electrons. The van der Waals surface area contributed by atoms with E-state index in [1.807, 2.05) is 20.9 Å². The Morgan fingerprint density at radius 3 is 2.47 bits per heavy atom. The van der Waals surface area contributed by atoms with Gasteiger partial charge in [0.05, 0.1) is 13.7 Å². The average Bonchev–Trinajstić information content (AvgIpc) is 2.55. The van der Waals surface area contributed by atoms with E-state index in [1.54, 1.807) is 0 Å². The molecule has 3 atom stereocenters. The normalized spacial score (nSPS) is 35.6. The van der Waals surface area contributed by atoms with Crippen LogP contribution in [0.5, 0.6) is 0 Å². The first-order valence-electron chi connectivity index (χ1n) is 7.18. The van der Waals surface area contributed by atoms with Crippen molar-refractivity contribution in [2.45, 2.75) is 64.2 Å². The summed E-state index contributed by atoms with van der Waals surface area (Å²) in [5, 5.41) is 0. The fraction of sp³-hybridized carbons (Fsp3) is 0.929. The van der Waals surface area contributed by atoms with Crippen LogP contribution in [-0.4, -0.2) is 38.7 Å². The number of piperidine rings is 1. The van der Waals surface area contributed by atoms with E-state index in [9.17, 15) is 0 Å². The van der Waals surface area contributed by atoms with Crippen LogP contribution in [-0.2, 0) is 0 Å². The third kappa shape index (κ3) is 3.26. The molecule has 2 aliphatic rings. The van der Waals surface area contributed by atoms with Gasteiger partial charge in [0.2, 0.25) is 0 Å². The van der Waals surface area contributed by atoms with Gasteiger partial charge < -0.3 is 4.90 Å². The first-order valence-corrected chi connectivity index (χ1v) is 7.18. The summed E-state index contributed by atoms with van der Waals surface area (Å²) in [4.78, 5) is 6.77. The van der Waals surface area contributed by atoms with Gasteiger partial charge >= 0.3 is 0 Å². The summed E-state index contributed by atoms with van der Waals surface area (Å²) in [5.74, 6) is 2.38. The van der Waals surface area contributed by atoms with Crippen molar-refractivity contribution in [1.82, 2.24) is 4.90 Å². The van der Waals surface area contributed by atoms with E-state index in [2.05, 4.69) is 16.9 Å². The molecule has 1 saturated heterocycles. The van der Waals surface area contributed by atoms with Crippen LogP contribution >= 0.6 is 0 Å². The fourth-order valence-corrected chi connectivity index (χ4v) is 3.27. The van der Waals surface area contributed by atoms with Gasteiger partial charge in [0.25, 0.3) is 0 Å². The van der Waals surface area contributed by atoms with Crippen LogP contribution in [0.4, 0.5) is 0 Å². The van der Waals surface area contributed by atoms with Gasteiger partial charge in [-0.3, -0.25) is 4.99 Å². The first kappa shape index (κ1) is 14.6. The smallest absolute Gasteiger partial charge is 0.0985 e. The Morgan fingerprint density at radius 1 is 1.18 bits per heavy atom. The second-order valence-electron chi connectivity index (χ2n) is 4.97. The van der Waals surface area contributed by atoms with Crippen LogP contribution in [0, 0.1) is 5.92 Å². The van der Waals surface area contributed by atoms with Crippen LogP contribution in [0.3, 0.4) is 0 Å². The first-order chi connectivity index (χ1) is 8.24. The van der Waals surface area contributed by atoms with Crippen LogP contribution in [0.25, 0.3) is 0 Å². The van der Waals surface area contributed by atoms with Crippen LogP contribution in [0.1, 0.15) is 52.4 Å². The average molecular weight is 234 g/mol. The Bertz CT molecular complexity index is 253. The highest BCUT2D eigenvalue weighted by Gasteiger charge is 2.35. The maximum atomic E-state index is 6.27. The second kappa shape index (κ2) is 7.08. The minimum Gasteiger partial charge on any atom is -0.360 e. The Labute approximate surface area is 108 Å². The summed E-state index contributed by atoms with van der Waals surface area (Å²) in [6.45, 7) is 4.00. The van der Waals surface area contributed by atoms with Crippen molar-refractivity contribution in [3.8, 4) is 0 Å². The van der Waals surface area contributed by atoms with Gasteiger partial charge in [-0.05, 0) is 18.8 Å². The molecule has 1 aliphatic carbocycles. The zero-order valence-corrected chi connectivity index (χ0v) is 11.9. The number of amidine groups is 1. The Hall–Kier alpha value is -0.465. The SMILES string of the molecule is CC.[B]C1CCCCC2C1CCC(=NC)N2C. The van der Waals surface area contributed by atoms with Gasteiger partial charge in [0.15, 0.2) is 0 Å². The fourth-order valence-electron chi connectivity index (χ4n) is 3.27. The van der Waals surface area contributed by atoms with E-state index in [-0.39, 0.29) is 0 Å². The largest absolute Gasteiger partial charge is 0.360 e. The topological polar surface area (TPSA) is 15.6 Å². The Kier molecular flexibility index (Phi) is 6.08. The molecule has 0 aromatic carbocycles. The van der Waals surface area contributed by atoms with Gasteiger partial charge in [0.1, 0.15) is 0 Å². The van der Waals surface area contributed by atoms with Gasteiger partial charge in [-0.15, -0.1) is 0 Å². The summed E-state index contributed by atoms with van der Waals surface area (Å²) < 4.78 is 0. The third-order valence-corrected chi connectivity index (χ3v) is 4.20. The minimum atomic E-state index is 0.415. The van der Waals surface area contributed by atoms with Gasteiger partial charge in [-0.25, -0.2) is 0 Å². The maximum absolute atomic E-state index is 6.27. The van der Waals surface area contributed by atoms with Crippen molar-refractivity contribution in [3.05, 3.63) is 0 Å². The quantitative estimate of drug-likeness (QED) is 0.587. The van der Waals surface area contributed by atoms with Crippen LogP contribution in [0.15, 0.2) is 4.99 Å². The lowest BCUT2D eigenvalue weighted by atomic mass is 9.68. The predicted octanol–water partition coefficient (Wildman–Crippen LogP) is 3.28. The lowest BCUT2D eigenvalue weighted by Crippen LogP contribution is -2.47. The molecule has 0 amide bonds. The molecule has 0 bridgehead atoms. The molecule has 2 nitrogen and oxygen atoms in total. The van der Waals surface area contributed by atoms with E-state index in [1.165, 1.54) is 37.9 Å². The molecular weight excluding hydrogens is 207 g/mol. The highest BCUT2D eigenvalue weighted by molar-refractivity contribution is 6.12. The number of hydrogen-bond acceptors (Lipinski definition) is 1. The lowest BCUT2D eigenvalue weighted by Gasteiger charge is -2.43.